The molecule has 0 spiro atoms. The molecule has 0 fully saturated rings. The number of anilines is 2. The second kappa shape index (κ2) is 8.21. The fourth-order valence-electron chi connectivity index (χ4n) is 4.30. The second-order valence-corrected chi connectivity index (χ2v) is 8.22. The van der Waals surface area contributed by atoms with E-state index in [1.54, 1.807) is 97.1 Å². The van der Waals surface area contributed by atoms with Crippen LogP contribution in [-0.4, -0.2) is 23.6 Å². The third-order valence-electron chi connectivity index (χ3n) is 6.08. The average molecular weight is 472 g/mol. The van der Waals surface area contributed by atoms with Crippen LogP contribution in [0.1, 0.15) is 41.4 Å². The standard InChI is InChI=1S/C28H16N4O4/c33-25-21-5-1-2-6-22(21)26(34)31(25)19-13-9-17(10-14-19)29-30-18-11-15-20(16-12-18)32-27(35)23-7-3-4-8-24(23)28(32)36/h1-16H. The van der Waals surface area contributed by atoms with Crippen LogP contribution in [0.3, 0.4) is 0 Å². The third-order valence-corrected chi connectivity index (χ3v) is 6.08. The molecule has 172 valence electrons. The van der Waals surface area contributed by atoms with Crippen molar-refractivity contribution in [2.45, 2.75) is 0 Å². The number of fused-ring (bicyclic) bond motifs is 2. The minimum absolute atomic E-state index is 0.358. The van der Waals surface area contributed by atoms with Gasteiger partial charge in [0.25, 0.3) is 23.6 Å². The Morgan fingerprint density at radius 1 is 0.389 bits per heavy atom. The molecule has 0 atom stereocenters. The zero-order valence-corrected chi connectivity index (χ0v) is 18.7. The molecular weight excluding hydrogens is 456 g/mol. The van der Waals surface area contributed by atoms with Crippen LogP contribution in [0.2, 0.25) is 0 Å². The molecule has 0 aliphatic carbocycles. The predicted octanol–water partition coefficient (Wildman–Crippen LogP) is 5.70. The molecule has 4 aromatic carbocycles. The van der Waals surface area contributed by atoms with Crippen LogP contribution in [0.25, 0.3) is 0 Å². The molecule has 6 rings (SSSR count). The van der Waals surface area contributed by atoms with E-state index in [4.69, 9.17) is 0 Å². The van der Waals surface area contributed by atoms with Gasteiger partial charge in [-0.3, -0.25) is 19.2 Å². The van der Waals surface area contributed by atoms with E-state index >= 15 is 0 Å². The van der Waals surface area contributed by atoms with Crippen molar-refractivity contribution in [2.24, 2.45) is 10.2 Å². The summed E-state index contributed by atoms with van der Waals surface area (Å²) in [6.07, 6.45) is 0. The smallest absolute Gasteiger partial charge is 0.266 e. The van der Waals surface area contributed by atoms with Crippen molar-refractivity contribution in [3.05, 3.63) is 119 Å². The molecule has 2 aliphatic heterocycles. The number of imide groups is 2. The van der Waals surface area contributed by atoms with Crippen LogP contribution < -0.4 is 9.80 Å². The Balaban J connectivity index is 1.17. The number of carbonyl (C=O) groups is 4. The Kier molecular flexibility index (Phi) is 4.86. The Morgan fingerprint density at radius 3 is 0.944 bits per heavy atom. The van der Waals surface area contributed by atoms with E-state index < -0.39 is 0 Å². The van der Waals surface area contributed by atoms with Gasteiger partial charge in [0.1, 0.15) is 0 Å². The maximum absolute atomic E-state index is 12.6. The van der Waals surface area contributed by atoms with Gasteiger partial charge >= 0.3 is 0 Å². The summed E-state index contributed by atoms with van der Waals surface area (Å²) in [5.41, 5.74) is 3.49. The van der Waals surface area contributed by atoms with E-state index in [1.165, 1.54) is 0 Å². The molecule has 36 heavy (non-hydrogen) atoms. The van der Waals surface area contributed by atoms with Crippen molar-refractivity contribution in [1.29, 1.82) is 0 Å². The molecule has 2 aliphatic rings. The fourth-order valence-corrected chi connectivity index (χ4v) is 4.30. The number of nitrogens with zero attached hydrogens (tertiary/aromatic N) is 4. The van der Waals surface area contributed by atoms with E-state index in [0.717, 1.165) is 9.80 Å². The molecule has 4 amide bonds. The van der Waals surface area contributed by atoms with E-state index in [1.807, 2.05) is 0 Å². The zero-order valence-electron chi connectivity index (χ0n) is 18.7. The summed E-state index contributed by atoms with van der Waals surface area (Å²) in [6, 6.07) is 26.7. The minimum Gasteiger partial charge on any atom is -0.268 e. The Morgan fingerprint density at radius 2 is 0.667 bits per heavy atom. The molecule has 0 unspecified atom stereocenters. The highest BCUT2D eigenvalue weighted by Gasteiger charge is 2.37. The summed E-state index contributed by atoms with van der Waals surface area (Å²) in [7, 11) is 0. The number of hydrogen-bond acceptors (Lipinski definition) is 6. The first-order chi connectivity index (χ1) is 17.5. The number of hydrogen-bond donors (Lipinski definition) is 0. The molecule has 2 heterocycles. The van der Waals surface area contributed by atoms with E-state index in [0.29, 0.717) is 45.0 Å². The highest BCUT2D eigenvalue weighted by molar-refractivity contribution is 6.35. The summed E-state index contributed by atoms with van der Waals surface area (Å²) in [5.74, 6) is -1.43. The van der Waals surface area contributed by atoms with E-state index in [-0.39, 0.29) is 23.6 Å². The summed E-state index contributed by atoms with van der Waals surface area (Å²) < 4.78 is 0. The van der Waals surface area contributed by atoms with Crippen LogP contribution in [0.15, 0.2) is 107 Å². The number of azo groups is 1. The van der Waals surface area contributed by atoms with Crippen molar-refractivity contribution in [1.82, 2.24) is 0 Å². The van der Waals surface area contributed by atoms with Gasteiger partial charge in [-0.25, -0.2) is 9.80 Å². The number of carbonyl (C=O) groups excluding carboxylic acids is 4. The van der Waals surface area contributed by atoms with Gasteiger partial charge in [-0.1, -0.05) is 24.3 Å². The van der Waals surface area contributed by atoms with Gasteiger partial charge in [0.05, 0.1) is 45.0 Å². The van der Waals surface area contributed by atoms with Gasteiger partial charge in [-0.2, -0.15) is 10.2 Å². The number of rotatable bonds is 4. The first kappa shape index (κ1) is 21.3. The molecule has 0 radical (unpaired) electrons. The second-order valence-electron chi connectivity index (χ2n) is 8.22. The number of benzene rings is 4. The summed E-state index contributed by atoms with van der Waals surface area (Å²) >= 11 is 0. The maximum Gasteiger partial charge on any atom is 0.266 e. The van der Waals surface area contributed by atoms with Crippen LogP contribution >= 0.6 is 0 Å². The van der Waals surface area contributed by atoms with Crippen molar-refractivity contribution < 1.29 is 19.2 Å². The lowest BCUT2D eigenvalue weighted by molar-refractivity contribution is 0.0910. The first-order valence-electron chi connectivity index (χ1n) is 11.1. The van der Waals surface area contributed by atoms with Gasteiger partial charge in [-0.05, 0) is 72.8 Å². The molecule has 0 N–H and O–H groups in total. The molecule has 0 saturated heterocycles. The minimum atomic E-state index is -0.358. The largest absolute Gasteiger partial charge is 0.268 e. The SMILES string of the molecule is O=C1c2ccccc2C(=O)N1c1ccc(N=Nc2ccc(N3C(=O)c4ccccc4C3=O)cc2)cc1. The van der Waals surface area contributed by atoms with Gasteiger partial charge in [-0.15, -0.1) is 0 Å². The Hall–Kier alpha value is -5.24. The monoisotopic (exact) mass is 472 g/mol. The van der Waals surface area contributed by atoms with Crippen molar-refractivity contribution in [2.75, 3.05) is 9.80 Å². The fraction of sp³-hybridized carbons (Fsp3) is 0. The summed E-state index contributed by atoms with van der Waals surface area (Å²) in [6.45, 7) is 0. The van der Waals surface area contributed by atoms with E-state index in [2.05, 4.69) is 10.2 Å². The van der Waals surface area contributed by atoms with Gasteiger partial charge in [0, 0.05) is 0 Å². The Labute approximate surface area is 205 Å². The lowest BCUT2D eigenvalue weighted by atomic mass is 10.1. The van der Waals surface area contributed by atoms with Crippen molar-refractivity contribution in [3.8, 4) is 0 Å². The van der Waals surface area contributed by atoms with Crippen LogP contribution in [-0.2, 0) is 0 Å². The van der Waals surface area contributed by atoms with Gasteiger partial charge in [0.15, 0.2) is 0 Å². The molecule has 0 saturated carbocycles. The molecule has 8 nitrogen and oxygen atoms in total. The highest BCUT2D eigenvalue weighted by Crippen LogP contribution is 2.31. The zero-order chi connectivity index (χ0) is 24.8. The van der Waals surface area contributed by atoms with Crippen LogP contribution in [0.5, 0.6) is 0 Å². The van der Waals surface area contributed by atoms with Crippen molar-refractivity contribution >= 4 is 46.4 Å². The highest BCUT2D eigenvalue weighted by atomic mass is 16.2. The summed E-state index contributed by atoms with van der Waals surface area (Å²) in [4.78, 5) is 52.9. The molecule has 0 aromatic heterocycles. The lowest BCUT2D eigenvalue weighted by Crippen LogP contribution is -2.29. The summed E-state index contributed by atoms with van der Waals surface area (Å²) in [5, 5.41) is 8.40. The lowest BCUT2D eigenvalue weighted by Gasteiger charge is -2.14. The quantitative estimate of drug-likeness (QED) is 0.281. The van der Waals surface area contributed by atoms with Gasteiger partial charge < -0.3 is 0 Å². The molecule has 0 bridgehead atoms. The molecular formula is C28H16N4O4. The maximum atomic E-state index is 12.6. The molecule has 4 aromatic rings. The third kappa shape index (κ3) is 3.32. The van der Waals surface area contributed by atoms with Crippen molar-refractivity contribution in [3.63, 3.8) is 0 Å². The van der Waals surface area contributed by atoms with Crippen LogP contribution in [0.4, 0.5) is 22.7 Å². The topological polar surface area (TPSA) is 99.5 Å². The predicted molar refractivity (Wildman–Crippen MR) is 132 cm³/mol. The Bertz CT molecular complexity index is 1420. The molecule has 8 heteroatoms. The average Bonchev–Trinajstić information content (AvgIpc) is 3.33. The van der Waals surface area contributed by atoms with Gasteiger partial charge in [0.2, 0.25) is 0 Å². The van der Waals surface area contributed by atoms with Crippen LogP contribution in [0, 0.1) is 0 Å². The normalized spacial score (nSPS) is 14.7. The number of amides is 4. The first-order valence-corrected chi connectivity index (χ1v) is 11.1. The van der Waals surface area contributed by atoms with E-state index in [9.17, 15) is 19.2 Å².